The third-order valence-electron chi connectivity index (χ3n) is 7.11. The molecule has 1 aromatic heterocycles. The highest BCUT2D eigenvalue weighted by molar-refractivity contribution is 8.00. The van der Waals surface area contributed by atoms with Crippen molar-refractivity contribution in [2.24, 2.45) is 0 Å². The second kappa shape index (κ2) is 14.6. The number of amides is 3. The molecule has 1 atom stereocenters. The molecule has 0 saturated carbocycles. The Hall–Kier alpha value is -5.44. The summed E-state index contributed by atoms with van der Waals surface area (Å²) in [5, 5.41) is 14.2. The molecular formula is C38H29N3O3S2. The van der Waals surface area contributed by atoms with Gasteiger partial charge in [-0.05, 0) is 93.3 Å². The molecule has 46 heavy (non-hydrogen) atoms. The lowest BCUT2D eigenvalue weighted by Crippen LogP contribution is -2.30. The fourth-order valence-electron chi connectivity index (χ4n) is 4.79. The molecule has 0 fully saturated rings. The molecule has 6 nitrogen and oxygen atoms in total. The first-order valence-corrected chi connectivity index (χ1v) is 16.4. The first kappa shape index (κ1) is 30.6. The van der Waals surface area contributed by atoms with Gasteiger partial charge < -0.3 is 16.0 Å². The van der Waals surface area contributed by atoms with E-state index in [1.54, 1.807) is 42.5 Å². The lowest BCUT2D eigenvalue weighted by molar-refractivity contribution is -0.116. The number of hydrogen-bond donors (Lipinski definition) is 3. The molecule has 0 spiro atoms. The molecule has 0 aliphatic carbocycles. The maximum Gasteiger partial charge on any atom is 0.272 e. The smallest absolute Gasteiger partial charge is 0.272 e. The molecule has 0 aliphatic heterocycles. The van der Waals surface area contributed by atoms with Crippen LogP contribution in [0.15, 0.2) is 155 Å². The second-order valence-electron chi connectivity index (χ2n) is 10.4. The van der Waals surface area contributed by atoms with Gasteiger partial charge in [0, 0.05) is 21.8 Å². The summed E-state index contributed by atoms with van der Waals surface area (Å²) in [5.74, 6) is -0.966. The normalized spacial score (nSPS) is 11.9. The van der Waals surface area contributed by atoms with Crippen molar-refractivity contribution in [3.63, 3.8) is 0 Å². The van der Waals surface area contributed by atoms with Gasteiger partial charge in [0.25, 0.3) is 11.8 Å². The fourth-order valence-corrected chi connectivity index (χ4v) is 6.44. The SMILES string of the molecule is O=C(Nc1ccc(SC(C(=O)Nc2ccc3ccccc3c2)c2ccccc2)cc1)/C(=C/c1ccsc1)NC(=O)c1ccccc1. The van der Waals surface area contributed by atoms with Crippen molar-refractivity contribution in [2.75, 3.05) is 10.6 Å². The van der Waals surface area contributed by atoms with Crippen molar-refractivity contribution in [3.05, 3.63) is 167 Å². The van der Waals surface area contributed by atoms with Crippen molar-refractivity contribution < 1.29 is 14.4 Å². The van der Waals surface area contributed by atoms with Gasteiger partial charge >= 0.3 is 0 Å². The Balaban J connectivity index is 1.17. The molecule has 6 rings (SSSR count). The maximum atomic E-state index is 13.6. The van der Waals surface area contributed by atoms with Gasteiger partial charge in [0.15, 0.2) is 0 Å². The van der Waals surface area contributed by atoms with E-state index in [0.29, 0.717) is 11.3 Å². The van der Waals surface area contributed by atoms with Gasteiger partial charge in [0.1, 0.15) is 10.9 Å². The molecule has 1 heterocycles. The molecule has 0 radical (unpaired) electrons. The Labute approximate surface area is 275 Å². The Morgan fingerprint density at radius 2 is 1.35 bits per heavy atom. The molecule has 8 heteroatoms. The topological polar surface area (TPSA) is 87.3 Å². The van der Waals surface area contributed by atoms with Crippen LogP contribution in [0.2, 0.25) is 0 Å². The molecule has 5 aromatic carbocycles. The van der Waals surface area contributed by atoms with Crippen LogP contribution in [0.5, 0.6) is 0 Å². The molecule has 3 N–H and O–H groups in total. The van der Waals surface area contributed by atoms with Crippen LogP contribution in [0, 0.1) is 0 Å². The predicted octanol–water partition coefficient (Wildman–Crippen LogP) is 8.78. The highest BCUT2D eigenvalue weighted by atomic mass is 32.2. The van der Waals surface area contributed by atoms with Crippen molar-refractivity contribution in [1.29, 1.82) is 0 Å². The molecule has 6 aromatic rings. The number of rotatable bonds is 10. The third-order valence-corrected chi connectivity index (χ3v) is 9.07. The number of nitrogens with one attached hydrogen (secondary N) is 3. The Bertz CT molecular complexity index is 1990. The van der Waals surface area contributed by atoms with Crippen molar-refractivity contribution in [3.8, 4) is 0 Å². The van der Waals surface area contributed by atoms with E-state index in [0.717, 1.165) is 32.5 Å². The van der Waals surface area contributed by atoms with Gasteiger partial charge in [0.05, 0.1) is 0 Å². The zero-order valence-corrected chi connectivity index (χ0v) is 26.2. The predicted molar refractivity (Wildman–Crippen MR) is 189 cm³/mol. The van der Waals surface area contributed by atoms with Crippen LogP contribution in [0.4, 0.5) is 11.4 Å². The Kier molecular flexibility index (Phi) is 9.68. The average molecular weight is 640 g/mol. The molecule has 226 valence electrons. The van der Waals surface area contributed by atoms with E-state index in [1.807, 2.05) is 108 Å². The highest BCUT2D eigenvalue weighted by Gasteiger charge is 2.23. The summed E-state index contributed by atoms with van der Waals surface area (Å²) in [6.45, 7) is 0. The largest absolute Gasteiger partial charge is 0.325 e. The van der Waals surface area contributed by atoms with Crippen molar-refractivity contribution in [1.82, 2.24) is 5.32 Å². The van der Waals surface area contributed by atoms with Crippen molar-refractivity contribution >= 4 is 69.0 Å². The zero-order valence-electron chi connectivity index (χ0n) is 24.6. The van der Waals surface area contributed by atoms with Crippen LogP contribution < -0.4 is 16.0 Å². The third kappa shape index (κ3) is 7.79. The molecule has 0 aliphatic rings. The highest BCUT2D eigenvalue weighted by Crippen LogP contribution is 2.37. The van der Waals surface area contributed by atoms with E-state index in [-0.39, 0.29) is 17.5 Å². The molecule has 1 unspecified atom stereocenters. The van der Waals surface area contributed by atoms with Crippen LogP contribution in [0.25, 0.3) is 16.8 Å². The van der Waals surface area contributed by atoms with E-state index in [4.69, 9.17) is 0 Å². The molecular weight excluding hydrogens is 611 g/mol. The first-order chi connectivity index (χ1) is 22.5. The molecule has 0 saturated heterocycles. The van der Waals surface area contributed by atoms with E-state index in [2.05, 4.69) is 16.0 Å². The van der Waals surface area contributed by atoms with Gasteiger partial charge in [-0.15, -0.1) is 11.8 Å². The fraction of sp³-hybridized carbons (Fsp3) is 0.0263. The quantitative estimate of drug-likeness (QED) is 0.103. The minimum atomic E-state index is -0.513. The summed E-state index contributed by atoms with van der Waals surface area (Å²) in [6.07, 6.45) is 1.65. The van der Waals surface area contributed by atoms with Crippen LogP contribution in [0.1, 0.15) is 26.7 Å². The summed E-state index contributed by atoms with van der Waals surface area (Å²) in [6, 6.07) is 41.5. The summed E-state index contributed by atoms with van der Waals surface area (Å²) in [5.41, 5.74) is 3.54. The van der Waals surface area contributed by atoms with Gasteiger partial charge in [-0.25, -0.2) is 0 Å². The van der Waals surface area contributed by atoms with Crippen LogP contribution in [-0.2, 0) is 9.59 Å². The minimum absolute atomic E-state index is 0.125. The number of thiophene rings is 1. The van der Waals surface area contributed by atoms with Gasteiger partial charge in [-0.1, -0.05) is 78.9 Å². The zero-order chi connectivity index (χ0) is 31.7. The van der Waals surface area contributed by atoms with Gasteiger partial charge in [-0.2, -0.15) is 11.3 Å². The maximum absolute atomic E-state index is 13.6. The van der Waals surface area contributed by atoms with E-state index in [9.17, 15) is 14.4 Å². The second-order valence-corrected chi connectivity index (χ2v) is 12.3. The van der Waals surface area contributed by atoms with Crippen LogP contribution in [0.3, 0.4) is 0 Å². The first-order valence-electron chi connectivity index (χ1n) is 14.5. The number of hydrogen-bond acceptors (Lipinski definition) is 5. The van der Waals surface area contributed by atoms with Crippen molar-refractivity contribution in [2.45, 2.75) is 10.1 Å². The number of carbonyl (C=O) groups is 3. The van der Waals surface area contributed by atoms with Crippen LogP contribution in [-0.4, -0.2) is 17.7 Å². The molecule has 3 amide bonds. The average Bonchev–Trinajstić information content (AvgIpc) is 3.61. The minimum Gasteiger partial charge on any atom is -0.325 e. The molecule has 0 bridgehead atoms. The van der Waals surface area contributed by atoms with E-state index < -0.39 is 11.2 Å². The van der Waals surface area contributed by atoms with Gasteiger partial charge in [-0.3, -0.25) is 14.4 Å². The monoisotopic (exact) mass is 639 g/mol. The lowest BCUT2D eigenvalue weighted by Gasteiger charge is -2.18. The summed E-state index contributed by atoms with van der Waals surface area (Å²) >= 11 is 2.92. The standard InChI is InChI=1S/C38H29N3O3S2/c42-36(29-12-5-2-6-13-29)41-34(23-26-21-22-45-25-26)37(43)39-31-17-19-33(20-18-31)46-35(28-10-3-1-4-11-28)38(44)40-32-16-15-27-9-7-8-14-30(27)24-32/h1-25,35H,(H,39,43)(H,40,44)(H,41,42)/b34-23-. The number of fused-ring (bicyclic) bond motifs is 1. The van der Waals surface area contributed by atoms with E-state index >= 15 is 0 Å². The summed E-state index contributed by atoms with van der Waals surface area (Å²) < 4.78 is 0. The van der Waals surface area contributed by atoms with Crippen LogP contribution >= 0.6 is 23.1 Å². The van der Waals surface area contributed by atoms with Gasteiger partial charge in [0.2, 0.25) is 5.91 Å². The number of carbonyl (C=O) groups excluding carboxylic acids is 3. The number of benzene rings is 5. The Morgan fingerprint density at radius 1 is 0.674 bits per heavy atom. The number of anilines is 2. The summed E-state index contributed by atoms with van der Waals surface area (Å²) in [4.78, 5) is 40.7. The Morgan fingerprint density at radius 3 is 2.07 bits per heavy atom. The van der Waals surface area contributed by atoms with E-state index in [1.165, 1.54) is 23.1 Å². The number of thioether (sulfide) groups is 1. The lowest BCUT2D eigenvalue weighted by atomic mass is 10.1. The summed E-state index contributed by atoms with van der Waals surface area (Å²) in [7, 11) is 0.